The molecule has 0 bridgehead atoms. The van der Waals surface area contributed by atoms with Crippen LogP contribution in [0.3, 0.4) is 0 Å². The quantitative estimate of drug-likeness (QED) is 0.837. The number of rotatable bonds is 4. The molecule has 1 unspecified atom stereocenters. The number of aromatic amines is 1. The summed E-state index contributed by atoms with van der Waals surface area (Å²) in [5.74, 6) is 1.77. The average molecular weight is 243 g/mol. The van der Waals surface area contributed by atoms with Crippen molar-refractivity contribution in [1.29, 1.82) is 0 Å². The van der Waals surface area contributed by atoms with Gasteiger partial charge in [0.25, 0.3) is 0 Å². The molecule has 5 heteroatoms. The number of hydrogen-bond donors (Lipinski definition) is 1. The zero-order valence-electron chi connectivity index (χ0n) is 8.24. The summed E-state index contributed by atoms with van der Waals surface area (Å²) in [7, 11) is 1.65. The lowest BCUT2D eigenvalue weighted by molar-refractivity contribution is 0.416. The van der Waals surface area contributed by atoms with E-state index in [-0.39, 0.29) is 5.38 Å². The van der Waals surface area contributed by atoms with Crippen LogP contribution in [-0.4, -0.2) is 17.1 Å². The van der Waals surface area contributed by atoms with Gasteiger partial charge >= 0.3 is 0 Å². The van der Waals surface area contributed by atoms with Crippen molar-refractivity contribution < 1.29 is 4.74 Å². The summed E-state index contributed by atoms with van der Waals surface area (Å²) in [5, 5.41) is 1.90. The predicted octanol–water partition coefficient (Wildman–Crippen LogP) is 3.00. The fourth-order valence-corrected chi connectivity index (χ4v) is 2.48. The van der Waals surface area contributed by atoms with Crippen molar-refractivity contribution in [2.75, 3.05) is 7.11 Å². The van der Waals surface area contributed by atoms with Crippen molar-refractivity contribution in [1.82, 2.24) is 9.97 Å². The minimum absolute atomic E-state index is 0.0509. The van der Waals surface area contributed by atoms with E-state index in [0.717, 1.165) is 16.5 Å². The van der Waals surface area contributed by atoms with E-state index in [0.29, 0.717) is 6.42 Å². The fourth-order valence-electron chi connectivity index (χ4n) is 1.29. The van der Waals surface area contributed by atoms with Crippen molar-refractivity contribution in [3.63, 3.8) is 0 Å². The van der Waals surface area contributed by atoms with E-state index in [1.165, 1.54) is 0 Å². The number of halogens is 1. The highest BCUT2D eigenvalue weighted by atomic mass is 35.5. The van der Waals surface area contributed by atoms with Crippen molar-refractivity contribution in [3.8, 4) is 5.75 Å². The Bertz CT molecular complexity index is 413. The van der Waals surface area contributed by atoms with E-state index in [1.54, 1.807) is 30.8 Å². The number of methoxy groups -OCH3 is 1. The number of hydrogen-bond acceptors (Lipinski definition) is 3. The number of alkyl halides is 1. The molecular weight excluding hydrogens is 232 g/mol. The molecule has 2 aromatic rings. The fraction of sp³-hybridized carbons (Fsp3) is 0.300. The summed E-state index contributed by atoms with van der Waals surface area (Å²) >= 11 is 7.87. The molecule has 0 aliphatic heterocycles. The summed E-state index contributed by atoms with van der Waals surface area (Å²) in [5.41, 5.74) is 0. The van der Waals surface area contributed by atoms with Crippen molar-refractivity contribution >= 4 is 22.9 Å². The zero-order chi connectivity index (χ0) is 10.7. The minimum Gasteiger partial charge on any atom is -0.496 e. The summed E-state index contributed by atoms with van der Waals surface area (Å²) in [6.45, 7) is 0. The molecule has 2 rings (SSSR count). The highest BCUT2D eigenvalue weighted by Gasteiger charge is 2.13. The highest BCUT2D eigenvalue weighted by molar-refractivity contribution is 7.10. The molecule has 0 aliphatic carbocycles. The van der Waals surface area contributed by atoms with Crippen molar-refractivity contribution in [2.45, 2.75) is 11.8 Å². The molecule has 0 saturated carbocycles. The molecule has 0 spiro atoms. The molecule has 0 radical (unpaired) electrons. The molecule has 2 aromatic heterocycles. The molecule has 0 aromatic carbocycles. The Hall–Kier alpha value is -1.00. The van der Waals surface area contributed by atoms with Crippen LogP contribution in [0.15, 0.2) is 23.8 Å². The van der Waals surface area contributed by atoms with Gasteiger partial charge in [-0.1, -0.05) is 0 Å². The second-order valence-electron chi connectivity index (χ2n) is 3.10. The maximum absolute atomic E-state index is 6.26. The molecule has 0 aliphatic rings. The number of ether oxygens (including phenoxy) is 1. The largest absolute Gasteiger partial charge is 0.496 e. The van der Waals surface area contributed by atoms with Gasteiger partial charge in [-0.15, -0.1) is 22.9 Å². The Morgan fingerprint density at radius 1 is 1.67 bits per heavy atom. The van der Waals surface area contributed by atoms with Crippen LogP contribution in [0.5, 0.6) is 5.75 Å². The first kappa shape index (κ1) is 10.5. The van der Waals surface area contributed by atoms with E-state index >= 15 is 0 Å². The Kier molecular flexibility index (Phi) is 3.28. The summed E-state index contributed by atoms with van der Waals surface area (Å²) in [6.07, 6.45) is 4.24. The van der Waals surface area contributed by atoms with Crippen molar-refractivity contribution in [3.05, 3.63) is 34.5 Å². The zero-order valence-corrected chi connectivity index (χ0v) is 9.81. The van der Waals surface area contributed by atoms with Gasteiger partial charge in [-0.05, 0) is 6.07 Å². The number of H-pyrrole nitrogens is 1. The topological polar surface area (TPSA) is 37.9 Å². The molecule has 0 fully saturated rings. The van der Waals surface area contributed by atoms with Gasteiger partial charge in [0.1, 0.15) is 11.6 Å². The molecule has 3 nitrogen and oxygen atoms in total. The Balaban J connectivity index is 2.04. The van der Waals surface area contributed by atoms with Crippen LogP contribution in [0.1, 0.15) is 16.1 Å². The minimum atomic E-state index is -0.0509. The third-order valence-corrected chi connectivity index (χ3v) is 3.61. The molecule has 80 valence electrons. The van der Waals surface area contributed by atoms with Crippen LogP contribution in [-0.2, 0) is 6.42 Å². The van der Waals surface area contributed by atoms with Crippen LogP contribution < -0.4 is 4.74 Å². The lowest BCUT2D eigenvalue weighted by Crippen LogP contribution is -1.95. The van der Waals surface area contributed by atoms with Gasteiger partial charge in [-0.3, -0.25) is 0 Å². The van der Waals surface area contributed by atoms with E-state index < -0.39 is 0 Å². The van der Waals surface area contributed by atoms with Crippen molar-refractivity contribution in [2.24, 2.45) is 0 Å². The van der Waals surface area contributed by atoms with Crippen LogP contribution in [0, 0.1) is 0 Å². The third-order valence-electron chi connectivity index (χ3n) is 2.07. The molecule has 1 atom stereocenters. The molecule has 0 saturated heterocycles. The molecule has 1 N–H and O–H groups in total. The van der Waals surface area contributed by atoms with Gasteiger partial charge in [0, 0.05) is 29.1 Å². The van der Waals surface area contributed by atoms with Crippen LogP contribution in [0.25, 0.3) is 0 Å². The maximum atomic E-state index is 6.26. The summed E-state index contributed by atoms with van der Waals surface area (Å²) in [4.78, 5) is 8.28. The second-order valence-corrected chi connectivity index (χ2v) is 4.57. The molecular formula is C10H11ClN2OS. The SMILES string of the molecule is COc1csc(C(Cl)Cc2ncc[nH]2)c1. The lowest BCUT2D eigenvalue weighted by Gasteiger charge is -2.03. The Labute approximate surface area is 97.1 Å². The lowest BCUT2D eigenvalue weighted by atomic mass is 10.2. The summed E-state index contributed by atoms with van der Waals surface area (Å²) < 4.78 is 5.11. The Morgan fingerprint density at radius 2 is 2.53 bits per heavy atom. The predicted molar refractivity (Wildman–Crippen MR) is 61.8 cm³/mol. The molecule has 0 amide bonds. The van der Waals surface area contributed by atoms with Crippen LogP contribution >= 0.6 is 22.9 Å². The first-order chi connectivity index (χ1) is 7.29. The monoisotopic (exact) mass is 242 g/mol. The summed E-state index contributed by atoms with van der Waals surface area (Å²) in [6, 6.07) is 1.96. The number of imidazole rings is 1. The smallest absolute Gasteiger partial charge is 0.129 e. The first-order valence-electron chi connectivity index (χ1n) is 4.54. The van der Waals surface area contributed by atoms with E-state index in [4.69, 9.17) is 16.3 Å². The number of thiophene rings is 1. The molecule has 2 heterocycles. The van der Waals surface area contributed by atoms with Gasteiger partial charge < -0.3 is 9.72 Å². The first-order valence-corrected chi connectivity index (χ1v) is 5.86. The van der Waals surface area contributed by atoms with Gasteiger partial charge in [0.2, 0.25) is 0 Å². The van der Waals surface area contributed by atoms with Gasteiger partial charge in [0.15, 0.2) is 0 Å². The van der Waals surface area contributed by atoms with Crippen LogP contribution in [0.2, 0.25) is 0 Å². The number of nitrogens with one attached hydrogen (secondary N) is 1. The van der Waals surface area contributed by atoms with E-state index in [2.05, 4.69) is 9.97 Å². The van der Waals surface area contributed by atoms with E-state index in [1.807, 2.05) is 11.4 Å². The number of nitrogens with zero attached hydrogens (tertiary/aromatic N) is 1. The van der Waals surface area contributed by atoms with Gasteiger partial charge in [0.05, 0.1) is 12.5 Å². The van der Waals surface area contributed by atoms with Gasteiger partial charge in [-0.25, -0.2) is 4.98 Å². The molecule has 15 heavy (non-hydrogen) atoms. The maximum Gasteiger partial charge on any atom is 0.129 e. The highest BCUT2D eigenvalue weighted by Crippen LogP contribution is 2.32. The average Bonchev–Trinajstić information content (AvgIpc) is 2.86. The normalized spacial score (nSPS) is 12.7. The van der Waals surface area contributed by atoms with E-state index in [9.17, 15) is 0 Å². The third kappa shape index (κ3) is 2.52. The standard InChI is InChI=1S/C10H11ClN2OS/c1-14-7-4-9(15-6-7)8(11)5-10-12-2-3-13-10/h2-4,6,8H,5H2,1H3,(H,12,13). The number of aromatic nitrogens is 2. The Morgan fingerprint density at radius 3 is 3.13 bits per heavy atom. The van der Waals surface area contributed by atoms with Crippen LogP contribution in [0.4, 0.5) is 0 Å². The van der Waals surface area contributed by atoms with Gasteiger partial charge in [-0.2, -0.15) is 0 Å². The second kappa shape index (κ2) is 4.68.